The Morgan fingerprint density at radius 1 is 1.07 bits per heavy atom. The van der Waals surface area contributed by atoms with Crippen LogP contribution in [0.5, 0.6) is 0 Å². The van der Waals surface area contributed by atoms with Crippen LogP contribution in [-0.4, -0.2) is 42.9 Å². The van der Waals surface area contributed by atoms with Crippen molar-refractivity contribution in [2.75, 3.05) is 36.4 Å². The van der Waals surface area contributed by atoms with Crippen LogP contribution in [0.4, 0.5) is 11.4 Å². The maximum Gasteiger partial charge on any atom is 0.256 e. The molecule has 1 N–H and O–H groups in total. The number of benzene rings is 2. The third kappa shape index (κ3) is 3.42. The van der Waals surface area contributed by atoms with Gasteiger partial charge in [0.1, 0.15) is 6.54 Å². The lowest BCUT2D eigenvalue weighted by molar-refractivity contribution is -0.120. The zero-order valence-corrected chi connectivity index (χ0v) is 15.9. The highest BCUT2D eigenvalue weighted by molar-refractivity contribution is 6.04. The van der Waals surface area contributed by atoms with Crippen molar-refractivity contribution in [2.24, 2.45) is 0 Å². The lowest BCUT2D eigenvalue weighted by atomic mass is 9.98. The monoisotopic (exact) mass is 363 g/mol. The van der Waals surface area contributed by atoms with Crippen molar-refractivity contribution in [3.05, 3.63) is 58.7 Å². The van der Waals surface area contributed by atoms with Crippen LogP contribution < -0.4 is 10.2 Å². The number of nitrogens with one attached hydrogen (secondary N) is 1. The summed E-state index contributed by atoms with van der Waals surface area (Å²) in [6, 6.07) is 12.0. The van der Waals surface area contributed by atoms with Crippen LogP contribution in [0.3, 0.4) is 0 Å². The average Bonchev–Trinajstić information content (AvgIpc) is 2.66. The molecule has 0 radical (unpaired) electrons. The first-order valence-electron chi connectivity index (χ1n) is 9.56. The highest BCUT2D eigenvalue weighted by atomic mass is 16.2. The van der Waals surface area contributed by atoms with Crippen LogP contribution in [0.1, 0.15) is 33.5 Å². The second-order valence-corrected chi connectivity index (χ2v) is 7.49. The van der Waals surface area contributed by atoms with Crippen molar-refractivity contribution < 1.29 is 9.59 Å². The van der Waals surface area contributed by atoms with Gasteiger partial charge in [0.2, 0.25) is 5.91 Å². The Morgan fingerprint density at radius 2 is 1.85 bits per heavy atom. The number of rotatable bonds is 2. The first-order valence-corrected chi connectivity index (χ1v) is 9.56. The van der Waals surface area contributed by atoms with Gasteiger partial charge in [-0.25, -0.2) is 0 Å². The largest absolute Gasteiger partial charge is 0.384 e. The van der Waals surface area contributed by atoms with Gasteiger partial charge in [0, 0.05) is 25.3 Å². The summed E-state index contributed by atoms with van der Waals surface area (Å²) in [6.45, 7) is 6.14. The van der Waals surface area contributed by atoms with Gasteiger partial charge in [0.25, 0.3) is 5.91 Å². The second-order valence-electron chi connectivity index (χ2n) is 7.49. The summed E-state index contributed by atoms with van der Waals surface area (Å²) in [5.41, 5.74) is 6.00. The molecule has 0 bridgehead atoms. The Labute approximate surface area is 160 Å². The molecular formula is C22H25N3O2. The minimum Gasteiger partial charge on any atom is -0.384 e. The van der Waals surface area contributed by atoms with Crippen LogP contribution in [-0.2, 0) is 11.2 Å². The van der Waals surface area contributed by atoms with Crippen LogP contribution in [0.2, 0.25) is 0 Å². The molecule has 2 heterocycles. The second kappa shape index (κ2) is 7.06. The number of carbonyl (C=O) groups excluding carboxylic acids is 2. The number of fused-ring (bicyclic) bond motifs is 1. The topological polar surface area (TPSA) is 52.6 Å². The minimum atomic E-state index is -0.0605. The normalized spacial score (nSPS) is 16.7. The molecule has 2 aromatic carbocycles. The molecule has 2 aliphatic rings. The number of hydrogen-bond acceptors (Lipinski definition) is 3. The van der Waals surface area contributed by atoms with Crippen molar-refractivity contribution in [1.82, 2.24) is 4.90 Å². The van der Waals surface area contributed by atoms with Gasteiger partial charge >= 0.3 is 0 Å². The van der Waals surface area contributed by atoms with E-state index in [0.717, 1.165) is 41.9 Å². The van der Waals surface area contributed by atoms with Gasteiger partial charge in [-0.3, -0.25) is 9.59 Å². The molecule has 5 nitrogen and oxygen atoms in total. The lowest BCUT2D eigenvalue weighted by Gasteiger charge is -2.35. The van der Waals surface area contributed by atoms with Gasteiger partial charge in [-0.2, -0.15) is 0 Å². The van der Waals surface area contributed by atoms with E-state index in [9.17, 15) is 9.59 Å². The Morgan fingerprint density at radius 3 is 2.59 bits per heavy atom. The number of para-hydroxylation sites is 1. The van der Waals surface area contributed by atoms with Crippen LogP contribution in [0, 0.1) is 13.8 Å². The molecule has 0 spiro atoms. The smallest absolute Gasteiger partial charge is 0.256 e. The number of amides is 2. The van der Waals surface area contributed by atoms with Crippen molar-refractivity contribution in [3.63, 3.8) is 0 Å². The average molecular weight is 363 g/mol. The standard InChI is InChI=1S/C22H25N3O2/c1-15-11-16(2)13-18(12-15)25-10-9-24(14-20(25)26)22(27)19-7-3-5-17-6-4-8-23-21(17)19/h3,5,7,11-13,23H,4,6,8-10,14H2,1-2H3. The van der Waals surface area contributed by atoms with E-state index < -0.39 is 0 Å². The number of anilines is 2. The van der Waals surface area contributed by atoms with Gasteiger partial charge in [-0.05, 0) is 61.6 Å². The van der Waals surface area contributed by atoms with Crippen LogP contribution in [0.15, 0.2) is 36.4 Å². The van der Waals surface area contributed by atoms with E-state index in [-0.39, 0.29) is 18.4 Å². The zero-order chi connectivity index (χ0) is 19.0. The van der Waals surface area contributed by atoms with E-state index in [2.05, 4.69) is 17.4 Å². The third-order valence-corrected chi connectivity index (χ3v) is 5.33. The number of carbonyl (C=O) groups is 2. The maximum absolute atomic E-state index is 13.1. The van der Waals surface area contributed by atoms with Crippen LogP contribution >= 0.6 is 0 Å². The summed E-state index contributed by atoms with van der Waals surface area (Å²) in [4.78, 5) is 29.3. The van der Waals surface area contributed by atoms with Gasteiger partial charge in [0.15, 0.2) is 0 Å². The SMILES string of the molecule is Cc1cc(C)cc(N2CCN(C(=O)c3cccc4c3NCCC4)CC2=O)c1. The summed E-state index contributed by atoms with van der Waals surface area (Å²) in [5.74, 6) is -0.0907. The minimum absolute atomic E-state index is 0.0302. The Bertz CT molecular complexity index is 886. The van der Waals surface area contributed by atoms with Crippen molar-refractivity contribution in [3.8, 4) is 0 Å². The molecule has 0 aromatic heterocycles. The molecule has 4 rings (SSSR count). The predicted octanol–water partition coefficient (Wildman–Crippen LogP) is 3.15. The van der Waals surface area contributed by atoms with E-state index in [4.69, 9.17) is 0 Å². The molecule has 0 aliphatic carbocycles. The summed E-state index contributed by atoms with van der Waals surface area (Å²) in [5, 5.41) is 3.37. The predicted molar refractivity (Wildman–Crippen MR) is 107 cm³/mol. The van der Waals surface area contributed by atoms with Crippen molar-refractivity contribution >= 4 is 23.2 Å². The molecule has 5 heteroatoms. The van der Waals surface area contributed by atoms with Crippen LogP contribution in [0.25, 0.3) is 0 Å². The highest BCUT2D eigenvalue weighted by Gasteiger charge is 2.30. The maximum atomic E-state index is 13.1. The Hall–Kier alpha value is -2.82. The van der Waals surface area contributed by atoms with E-state index in [0.29, 0.717) is 18.7 Å². The number of nitrogens with zero attached hydrogens (tertiary/aromatic N) is 2. The van der Waals surface area contributed by atoms with Crippen molar-refractivity contribution in [2.45, 2.75) is 26.7 Å². The quantitative estimate of drug-likeness (QED) is 0.892. The molecule has 1 saturated heterocycles. The van der Waals surface area contributed by atoms with Gasteiger partial charge < -0.3 is 15.1 Å². The summed E-state index contributed by atoms with van der Waals surface area (Å²) in [6.07, 6.45) is 2.07. The van der Waals surface area contributed by atoms with Gasteiger partial charge in [-0.15, -0.1) is 0 Å². The molecule has 2 amide bonds. The number of piperazine rings is 1. The highest BCUT2D eigenvalue weighted by Crippen LogP contribution is 2.28. The first-order chi connectivity index (χ1) is 13.0. The first kappa shape index (κ1) is 17.6. The number of hydrogen-bond donors (Lipinski definition) is 1. The molecular weight excluding hydrogens is 338 g/mol. The van der Waals surface area contributed by atoms with Gasteiger partial charge in [0.05, 0.1) is 11.3 Å². The molecule has 0 saturated carbocycles. The fourth-order valence-electron chi connectivity index (χ4n) is 4.08. The third-order valence-electron chi connectivity index (χ3n) is 5.33. The van der Waals surface area contributed by atoms with E-state index in [1.165, 1.54) is 5.56 Å². The molecule has 27 heavy (non-hydrogen) atoms. The van der Waals surface area contributed by atoms with Gasteiger partial charge in [-0.1, -0.05) is 18.2 Å². The number of aryl methyl sites for hydroxylation is 3. The Balaban J connectivity index is 1.53. The zero-order valence-electron chi connectivity index (χ0n) is 15.9. The fraction of sp³-hybridized carbons (Fsp3) is 0.364. The van der Waals surface area contributed by atoms with E-state index in [1.807, 2.05) is 38.1 Å². The van der Waals surface area contributed by atoms with Crippen molar-refractivity contribution in [1.29, 1.82) is 0 Å². The fourth-order valence-corrected chi connectivity index (χ4v) is 4.08. The molecule has 140 valence electrons. The summed E-state index contributed by atoms with van der Waals surface area (Å²) in [7, 11) is 0. The molecule has 2 aromatic rings. The molecule has 1 fully saturated rings. The van der Waals surface area contributed by atoms with E-state index in [1.54, 1.807) is 9.80 Å². The molecule has 0 atom stereocenters. The molecule has 2 aliphatic heterocycles. The summed E-state index contributed by atoms with van der Waals surface area (Å²) < 4.78 is 0. The summed E-state index contributed by atoms with van der Waals surface area (Å²) >= 11 is 0. The molecule has 0 unspecified atom stereocenters. The lowest BCUT2D eigenvalue weighted by Crippen LogP contribution is -2.52. The Kier molecular flexibility index (Phi) is 4.60. The van der Waals surface area contributed by atoms with E-state index >= 15 is 0 Å².